The fourth-order valence-electron chi connectivity index (χ4n) is 3.25. The maximum atomic E-state index is 12.4. The quantitative estimate of drug-likeness (QED) is 0.870. The molecule has 5 nitrogen and oxygen atoms in total. The number of carboxylic acids is 1. The van der Waals surface area contributed by atoms with Crippen LogP contribution in [0.15, 0.2) is 28.7 Å². The molecule has 6 heteroatoms. The molecule has 1 aromatic carbocycles. The van der Waals surface area contributed by atoms with E-state index in [0.717, 1.165) is 23.1 Å². The van der Waals surface area contributed by atoms with Crippen molar-refractivity contribution in [3.05, 3.63) is 28.7 Å². The van der Waals surface area contributed by atoms with Crippen molar-refractivity contribution >= 4 is 27.8 Å². The summed E-state index contributed by atoms with van der Waals surface area (Å²) >= 11 is 3.42. The third kappa shape index (κ3) is 3.68. The Hall–Kier alpha value is -1.56. The maximum Gasteiger partial charge on any atom is 0.307 e. The van der Waals surface area contributed by atoms with Gasteiger partial charge in [-0.1, -0.05) is 22.0 Å². The Morgan fingerprint density at radius 1 is 1.13 bits per heavy atom. The van der Waals surface area contributed by atoms with Crippen molar-refractivity contribution in [2.75, 3.05) is 13.1 Å². The van der Waals surface area contributed by atoms with Gasteiger partial charge in [0.1, 0.15) is 11.9 Å². The Labute approximate surface area is 143 Å². The van der Waals surface area contributed by atoms with Gasteiger partial charge >= 0.3 is 5.97 Å². The van der Waals surface area contributed by atoms with Gasteiger partial charge in [-0.25, -0.2) is 0 Å². The molecular formula is C17H20BrNO4. The molecule has 1 saturated carbocycles. The van der Waals surface area contributed by atoms with Crippen LogP contribution in [0.25, 0.3) is 0 Å². The summed E-state index contributed by atoms with van der Waals surface area (Å²) in [4.78, 5) is 25.3. The highest BCUT2D eigenvalue weighted by Gasteiger charge is 2.43. The molecule has 1 aliphatic heterocycles. The van der Waals surface area contributed by atoms with Crippen LogP contribution in [0.5, 0.6) is 5.75 Å². The number of aliphatic carboxylic acids is 1. The molecule has 2 aliphatic rings. The van der Waals surface area contributed by atoms with E-state index < -0.39 is 11.9 Å². The summed E-state index contributed by atoms with van der Waals surface area (Å²) in [6.07, 6.45) is 2.98. The smallest absolute Gasteiger partial charge is 0.307 e. The molecule has 0 radical (unpaired) electrons. The number of halogens is 1. The monoisotopic (exact) mass is 381 g/mol. The number of benzene rings is 1. The molecule has 0 aromatic heterocycles. The molecule has 1 aliphatic carbocycles. The molecular weight excluding hydrogens is 362 g/mol. The number of likely N-dealkylation sites (tertiary alicyclic amines) is 1. The first kappa shape index (κ1) is 16.3. The van der Waals surface area contributed by atoms with Gasteiger partial charge in [0.2, 0.25) is 5.91 Å². The maximum absolute atomic E-state index is 12.4. The lowest BCUT2D eigenvalue weighted by atomic mass is 9.72. The summed E-state index contributed by atoms with van der Waals surface area (Å²) in [7, 11) is 0. The van der Waals surface area contributed by atoms with E-state index in [1.165, 1.54) is 0 Å². The minimum atomic E-state index is -0.845. The Morgan fingerprint density at radius 3 is 2.39 bits per heavy atom. The SMILES string of the molecule is O=C(O)C1CCC1C(=O)N1CCC(Oc2cccc(Br)c2)CC1. The minimum absolute atomic E-state index is 0.00422. The molecule has 1 heterocycles. The van der Waals surface area contributed by atoms with E-state index in [1.54, 1.807) is 4.90 Å². The Kier molecular flexibility index (Phi) is 4.90. The van der Waals surface area contributed by atoms with E-state index in [9.17, 15) is 9.59 Å². The second-order valence-electron chi connectivity index (χ2n) is 6.23. The zero-order chi connectivity index (χ0) is 16.4. The van der Waals surface area contributed by atoms with Gasteiger partial charge in [-0.3, -0.25) is 9.59 Å². The number of carboxylic acid groups (broad SMARTS) is 1. The number of amides is 1. The molecule has 1 N–H and O–H groups in total. The molecule has 1 aromatic rings. The van der Waals surface area contributed by atoms with Gasteiger partial charge in [0.25, 0.3) is 0 Å². The Morgan fingerprint density at radius 2 is 1.83 bits per heavy atom. The fourth-order valence-corrected chi connectivity index (χ4v) is 3.63. The number of nitrogens with zero attached hydrogens (tertiary/aromatic N) is 1. The number of carbonyl (C=O) groups excluding carboxylic acids is 1. The van der Waals surface area contributed by atoms with E-state index in [4.69, 9.17) is 9.84 Å². The number of carbonyl (C=O) groups is 2. The average Bonchev–Trinajstić information content (AvgIpc) is 2.46. The van der Waals surface area contributed by atoms with Crippen molar-refractivity contribution in [2.24, 2.45) is 11.8 Å². The number of rotatable bonds is 4. The first-order valence-corrected chi connectivity index (χ1v) is 8.77. The summed E-state index contributed by atoms with van der Waals surface area (Å²) in [5.74, 6) is -0.825. The lowest BCUT2D eigenvalue weighted by Gasteiger charge is -2.39. The van der Waals surface area contributed by atoms with Gasteiger partial charge in [-0.05, 0) is 31.0 Å². The number of hydrogen-bond donors (Lipinski definition) is 1. The molecule has 1 amide bonds. The molecule has 1 saturated heterocycles. The molecule has 2 atom stereocenters. The van der Waals surface area contributed by atoms with Crippen LogP contribution in [0, 0.1) is 11.8 Å². The van der Waals surface area contributed by atoms with E-state index in [1.807, 2.05) is 24.3 Å². The van der Waals surface area contributed by atoms with Crippen LogP contribution < -0.4 is 4.74 Å². The lowest BCUT2D eigenvalue weighted by molar-refractivity contribution is -0.157. The Balaban J connectivity index is 1.50. The summed E-state index contributed by atoms with van der Waals surface area (Å²) in [6, 6.07) is 7.74. The van der Waals surface area contributed by atoms with E-state index in [2.05, 4.69) is 15.9 Å². The lowest BCUT2D eigenvalue weighted by Crippen LogP contribution is -2.49. The van der Waals surface area contributed by atoms with Crippen LogP contribution >= 0.6 is 15.9 Å². The molecule has 2 unspecified atom stereocenters. The molecule has 0 spiro atoms. The standard InChI is InChI=1S/C17H20BrNO4/c18-11-2-1-3-13(10-11)23-12-6-8-19(9-7-12)16(20)14-4-5-15(14)17(21)22/h1-3,10,12,14-15H,4-9H2,(H,21,22). The third-order valence-corrected chi connectivity index (χ3v) is 5.25. The third-order valence-electron chi connectivity index (χ3n) is 4.76. The van der Waals surface area contributed by atoms with Gasteiger partial charge in [-0.2, -0.15) is 0 Å². The average molecular weight is 382 g/mol. The Bertz CT molecular complexity index is 598. The van der Waals surface area contributed by atoms with Crippen LogP contribution in [-0.2, 0) is 9.59 Å². The van der Waals surface area contributed by atoms with Gasteiger partial charge < -0.3 is 14.7 Å². The number of piperidine rings is 1. The van der Waals surface area contributed by atoms with Gasteiger partial charge in [0.15, 0.2) is 0 Å². The highest BCUT2D eigenvalue weighted by molar-refractivity contribution is 9.10. The number of ether oxygens (including phenoxy) is 1. The second kappa shape index (κ2) is 6.91. The molecule has 23 heavy (non-hydrogen) atoms. The molecule has 0 bridgehead atoms. The van der Waals surface area contributed by atoms with Crippen molar-refractivity contribution in [3.63, 3.8) is 0 Å². The van der Waals surface area contributed by atoms with Gasteiger partial charge in [0, 0.05) is 30.4 Å². The van der Waals surface area contributed by atoms with Crippen molar-refractivity contribution in [1.29, 1.82) is 0 Å². The number of hydrogen-bond acceptors (Lipinski definition) is 3. The summed E-state index contributed by atoms with van der Waals surface area (Å²) < 4.78 is 6.94. The van der Waals surface area contributed by atoms with E-state index >= 15 is 0 Å². The van der Waals surface area contributed by atoms with Crippen LogP contribution in [0.1, 0.15) is 25.7 Å². The summed E-state index contributed by atoms with van der Waals surface area (Å²) in [5, 5.41) is 9.08. The first-order chi connectivity index (χ1) is 11.0. The van der Waals surface area contributed by atoms with E-state index in [0.29, 0.717) is 25.9 Å². The zero-order valence-electron chi connectivity index (χ0n) is 12.8. The summed E-state index contributed by atoms with van der Waals surface area (Å²) in [5.41, 5.74) is 0. The second-order valence-corrected chi connectivity index (χ2v) is 7.14. The summed E-state index contributed by atoms with van der Waals surface area (Å²) in [6.45, 7) is 1.28. The van der Waals surface area contributed by atoms with Crippen molar-refractivity contribution in [1.82, 2.24) is 4.90 Å². The predicted molar refractivity (Wildman–Crippen MR) is 88.2 cm³/mol. The highest BCUT2D eigenvalue weighted by Crippen LogP contribution is 2.36. The first-order valence-electron chi connectivity index (χ1n) is 7.98. The van der Waals surface area contributed by atoms with Crippen molar-refractivity contribution in [3.8, 4) is 5.75 Å². The largest absolute Gasteiger partial charge is 0.490 e. The molecule has 124 valence electrons. The van der Waals surface area contributed by atoms with Crippen LogP contribution in [0.3, 0.4) is 0 Å². The van der Waals surface area contributed by atoms with Crippen LogP contribution in [0.4, 0.5) is 0 Å². The van der Waals surface area contributed by atoms with Crippen LogP contribution in [0.2, 0.25) is 0 Å². The van der Waals surface area contributed by atoms with Gasteiger partial charge in [-0.15, -0.1) is 0 Å². The highest BCUT2D eigenvalue weighted by atomic mass is 79.9. The van der Waals surface area contributed by atoms with Crippen molar-refractivity contribution in [2.45, 2.75) is 31.8 Å². The zero-order valence-corrected chi connectivity index (χ0v) is 14.4. The fraction of sp³-hybridized carbons (Fsp3) is 0.529. The van der Waals surface area contributed by atoms with Gasteiger partial charge in [0.05, 0.1) is 11.8 Å². The molecule has 2 fully saturated rings. The topological polar surface area (TPSA) is 66.8 Å². The van der Waals surface area contributed by atoms with E-state index in [-0.39, 0.29) is 17.9 Å². The van der Waals surface area contributed by atoms with Crippen molar-refractivity contribution < 1.29 is 19.4 Å². The van der Waals surface area contributed by atoms with Crippen LogP contribution in [-0.4, -0.2) is 41.1 Å². The normalized spacial score (nSPS) is 24.8. The minimum Gasteiger partial charge on any atom is -0.490 e. The molecule has 3 rings (SSSR count). The predicted octanol–water partition coefficient (Wildman–Crippen LogP) is 2.93.